The van der Waals surface area contributed by atoms with Crippen LogP contribution in [0.3, 0.4) is 0 Å². The lowest BCUT2D eigenvalue weighted by atomic mass is 10.3. The third-order valence-electron chi connectivity index (χ3n) is 2.10. The van der Waals surface area contributed by atoms with Crippen LogP contribution in [0.2, 0.25) is 0 Å². The highest BCUT2D eigenvalue weighted by molar-refractivity contribution is 9.10. The molecule has 0 aromatic carbocycles. The van der Waals surface area contributed by atoms with Crippen LogP contribution >= 0.6 is 27.3 Å². The summed E-state index contributed by atoms with van der Waals surface area (Å²) in [5.41, 5.74) is 0.995. The van der Waals surface area contributed by atoms with Gasteiger partial charge in [-0.3, -0.25) is 4.98 Å². The van der Waals surface area contributed by atoms with Gasteiger partial charge in [-0.2, -0.15) is 0 Å². The average molecular weight is 298 g/mol. The van der Waals surface area contributed by atoms with Gasteiger partial charge in [0.15, 0.2) is 0 Å². The molecule has 0 bridgehead atoms. The van der Waals surface area contributed by atoms with E-state index in [4.69, 9.17) is 0 Å². The molecule has 3 nitrogen and oxygen atoms in total. The summed E-state index contributed by atoms with van der Waals surface area (Å²) in [6.45, 7) is 4.16. The minimum absolute atomic E-state index is 0.204. The van der Waals surface area contributed by atoms with Gasteiger partial charge in [0.25, 0.3) is 0 Å². The Hall–Kier alpha value is -0.940. The molecule has 2 aromatic heterocycles. The second-order valence-corrected chi connectivity index (χ2v) is 5.75. The van der Waals surface area contributed by atoms with Crippen molar-refractivity contribution >= 4 is 33.0 Å². The van der Waals surface area contributed by atoms with Gasteiger partial charge in [-0.1, -0.05) is 0 Å². The van der Waals surface area contributed by atoms with Gasteiger partial charge in [0.2, 0.25) is 0 Å². The Labute approximate surface area is 107 Å². The summed E-state index contributed by atoms with van der Waals surface area (Å²) in [5, 5.41) is 4.46. The number of nitrogens with zero attached hydrogens (tertiary/aromatic N) is 2. The second-order valence-electron chi connectivity index (χ2n) is 3.57. The molecule has 2 heterocycles. The lowest BCUT2D eigenvalue weighted by Gasteiger charge is -2.12. The Bertz CT molecular complexity index is 484. The number of hydrogen-bond donors (Lipinski definition) is 1. The van der Waals surface area contributed by atoms with Crippen LogP contribution < -0.4 is 5.32 Å². The highest BCUT2D eigenvalue weighted by atomic mass is 79.9. The van der Waals surface area contributed by atoms with Crippen molar-refractivity contribution < 1.29 is 0 Å². The van der Waals surface area contributed by atoms with Gasteiger partial charge in [0, 0.05) is 21.7 Å². The molecule has 0 aliphatic carbocycles. The summed E-state index contributed by atoms with van der Waals surface area (Å²) in [7, 11) is 0. The topological polar surface area (TPSA) is 37.8 Å². The van der Waals surface area contributed by atoms with E-state index in [0.29, 0.717) is 0 Å². The van der Waals surface area contributed by atoms with Crippen LogP contribution in [-0.4, -0.2) is 9.97 Å². The Morgan fingerprint density at radius 3 is 2.81 bits per heavy atom. The van der Waals surface area contributed by atoms with E-state index in [2.05, 4.69) is 45.1 Å². The molecule has 16 heavy (non-hydrogen) atoms. The van der Waals surface area contributed by atoms with E-state index in [1.807, 2.05) is 18.5 Å². The fraction of sp³-hybridized carbons (Fsp3) is 0.273. The molecule has 0 aliphatic rings. The van der Waals surface area contributed by atoms with E-state index in [9.17, 15) is 0 Å². The Morgan fingerprint density at radius 2 is 2.19 bits per heavy atom. The van der Waals surface area contributed by atoms with Gasteiger partial charge >= 0.3 is 0 Å². The van der Waals surface area contributed by atoms with Crippen LogP contribution in [0.25, 0.3) is 0 Å². The first-order valence-electron chi connectivity index (χ1n) is 4.94. The minimum Gasteiger partial charge on any atom is -0.375 e. The van der Waals surface area contributed by atoms with Crippen LogP contribution in [0, 0.1) is 6.92 Å². The van der Waals surface area contributed by atoms with Gasteiger partial charge in [-0.15, -0.1) is 11.3 Å². The fourth-order valence-corrected chi connectivity index (χ4v) is 2.52. The van der Waals surface area contributed by atoms with Crippen molar-refractivity contribution in [2.45, 2.75) is 19.9 Å². The van der Waals surface area contributed by atoms with Crippen molar-refractivity contribution in [1.82, 2.24) is 9.97 Å². The molecule has 0 aliphatic heterocycles. The van der Waals surface area contributed by atoms with Crippen LogP contribution in [-0.2, 0) is 0 Å². The summed E-state index contributed by atoms with van der Waals surface area (Å²) in [6, 6.07) is 2.21. The first-order chi connectivity index (χ1) is 7.65. The van der Waals surface area contributed by atoms with E-state index < -0.39 is 0 Å². The predicted molar refractivity (Wildman–Crippen MR) is 70.8 cm³/mol. The molecule has 1 atom stereocenters. The van der Waals surface area contributed by atoms with Crippen molar-refractivity contribution in [3.8, 4) is 0 Å². The summed E-state index contributed by atoms with van der Waals surface area (Å²) >= 11 is 5.11. The van der Waals surface area contributed by atoms with Gasteiger partial charge in [-0.05, 0) is 35.8 Å². The van der Waals surface area contributed by atoms with Gasteiger partial charge in [0.1, 0.15) is 5.01 Å². The van der Waals surface area contributed by atoms with Crippen LogP contribution in [0.1, 0.15) is 22.9 Å². The molecule has 1 unspecified atom stereocenters. The van der Waals surface area contributed by atoms with E-state index in [1.165, 1.54) is 4.88 Å². The van der Waals surface area contributed by atoms with Crippen molar-refractivity contribution in [3.05, 3.63) is 39.0 Å². The van der Waals surface area contributed by atoms with Crippen molar-refractivity contribution in [3.63, 3.8) is 0 Å². The molecule has 0 amide bonds. The predicted octanol–water partition coefficient (Wildman–Crippen LogP) is 3.78. The molecular weight excluding hydrogens is 286 g/mol. The molecule has 84 valence electrons. The maximum Gasteiger partial charge on any atom is 0.115 e. The van der Waals surface area contributed by atoms with E-state index in [0.717, 1.165) is 15.2 Å². The lowest BCUT2D eigenvalue weighted by molar-refractivity contribution is 0.868. The zero-order chi connectivity index (χ0) is 11.5. The van der Waals surface area contributed by atoms with Crippen molar-refractivity contribution in [1.29, 1.82) is 0 Å². The molecule has 5 heteroatoms. The molecule has 0 saturated heterocycles. The van der Waals surface area contributed by atoms with Gasteiger partial charge in [0.05, 0.1) is 17.9 Å². The van der Waals surface area contributed by atoms with Gasteiger partial charge in [-0.25, -0.2) is 4.98 Å². The highest BCUT2D eigenvalue weighted by Gasteiger charge is 2.09. The average Bonchev–Trinajstić information content (AvgIpc) is 2.65. The smallest absolute Gasteiger partial charge is 0.115 e. The number of thiazole rings is 1. The molecule has 2 aromatic rings. The number of halogens is 1. The SMILES string of the molecule is Cc1cnc(C(C)Nc2cncc(Br)c2)s1. The molecule has 0 radical (unpaired) electrons. The zero-order valence-electron chi connectivity index (χ0n) is 9.07. The summed E-state index contributed by atoms with van der Waals surface area (Å²) in [6.07, 6.45) is 5.47. The normalized spacial score (nSPS) is 12.4. The number of aryl methyl sites for hydroxylation is 1. The highest BCUT2D eigenvalue weighted by Crippen LogP contribution is 2.23. The summed E-state index contributed by atoms with van der Waals surface area (Å²) in [5.74, 6) is 0. The number of rotatable bonds is 3. The summed E-state index contributed by atoms with van der Waals surface area (Å²) < 4.78 is 0.972. The number of hydrogen-bond acceptors (Lipinski definition) is 4. The van der Waals surface area contributed by atoms with E-state index in [1.54, 1.807) is 17.5 Å². The minimum atomic E-state index is 0.204. The third-order valence-corrected chi connectivity index (χ3v) is 3.63. The van der Waals surface area contributed by atoms with Crippen LogP contribution in [0.5, 0.6) is 0 Å². The Balaban J connectivity index is 2.10. The zero-order valence-corrected chi connectivity index (χ0v) is 11.5. The molecule has 1 N–H and O–H groups in total. The largest absolute Gasteiger partial charge is 0.375 e. The Kier molecular flexibility index (Phi) is 3.56. The quantitative estimate of drug-likeness (QED) is 0.937. The van der Waals surface area contributed by atoms with E-state index in [-0.39, 0.29) is 6.04 Å². The van der Waals surface area contributed by atoms with Crippen molar-refractivity contribution in [2.75, 3.05) is 5.32 Å². The first-order valence-corrected chi connectivity index (χ1v) is 6.55. The van der Waals surface area contributed by atoms with E-state index >= 15 is 0 Å². The number of anilines is 1. The molecule has 0 fully saturated rings. The van der Waals surface area contributed by atoms with Crippen LogP contribution in [0.4, 0.5) is 5.69 Å². The maximum absolute atomic E-state index is 4.36. The van der Waals surface area contributed by atoms with Gasteiger partial charge < -0.3 is 5.32 Å². The molecular formula is C11H12BrN3S. The Morgan fingerprint density at radius 1 is 1.38 bits per heavy atom. The summed E-state index contributed by atoms with van der Waals surface area (Å²) in [4.78, 5) is 9.70. The van der Waals surface area contributed by atoms with Crippen molar-refractivity contribution in [2.24, 2.45) is 0 Å². The number of aromatic nitrogens is 2. The second kappa shape index (κ2) is 4.93. The third kappa shape index (κ3) is 2.80. The maximum atomic E-state index is 4.36. The molecule has 0 spiro atoms. The monoisotopic (exact) mass is 297 g/mol. The van der Waals surface area contributed by atoms with Crippen LogP contribution in [0.15, 0.2) is 29.1 Å². The first kappa shape index (κ1) is 11.5. The standard InChI is InChI=1S/C11H12BrN3S/c1-7-4-14-11(16-7)8(2)15-10-3-9(12)5-13-6-10/h3-6,8,15H,1-2H3. The molecule has 2 rings (SSSR count). The number of pyridine rings is 1. The molecule has 0 saturated carbocycles. The number of nitrogens with one attached hydrogen (secondary N) is 1. The lowest BCUT2D eigenvalue weighted by Crippen LogP contribution is -2.06. The fourth-order valence-electron chi connectivity index (χ4n) is 1.37.